The lowest BCUT2D eigenvalue weighted by molar-refractivity contribution is -0.0498. The van der Waals surface area contributed by atoms with Gasteiger partial charge in [0, 0.05) is 19.6 Å². The number of piperidine rings is 1. The summed E-state index contributed by atoms with van der Waals surface area (Å²) in [5.74, 6) is 0.894. The van der Waals surface area contributed by atoms with E-state index in [0.29, 0.717) is 6.54 Å². The van der Waals surface area contributed by atoms with E-state index >= 15 is 0 Å². The molecule has 140 valence electrons. The number of aliphatic imine (C=N–C) groups is 1. The highest BCUT2D eigenvalue weighted by atomic mass is 19.3. The number of rotatable bonds is 8. The van der Waals surface area contributed by atoms with E-state index in [0.717, 1.165) is 31.2 Å². The van der Waals surface area contributed by atoms with Crippen LogP contribution in [0.25, 0.3) is 0 Å². The van der Waals surface area contributed by atoms with Gasteiger partial charge in [0.1, 0.15) is 5.75 Å². The lowest BCUT2D eigenvalue weighted by Crippen LogP contribution is -2.42. The van der Waals surface area contributed by atoms with Crippen molar-refractivity contribution in [2.24, 2.45) is 4.99 Å². The number of ether oxygens (including phenoxy) is 1. The Hall–Kier alpha value is -1.89. The average Bonchev–Trinajstić information content (AvgIpc) is 2.60. The van der Waals surface area contributed by atoms with E-state index in [4.69, 9.17) is 0 Å². The second-order valence-corrected chi connectivity index (χ2v) is 6.05. The van der Waals surface area contributed by atoms with E-state index < -0.39 is 6.61 Å². The third-order valence-electron chi connectivity index (χ3n) is 4.06. The third kappa shape index (κ3) is 7.69. The molecule has 1 heterocycles. The van der Waals surface area contributed by atoms with Crippen LogP contribution >= 0.6 is 0 Å². The van der Waals surface area contributed by atoms with Crippen LogP contribution in [0.4, 0.5) is 8.78 Å². The summed E-state index contributed by atoms with van der Waals surface area (Å²) < 4.78 is 29.0. The van der Waals surface area contributed by atoms with Gasteiger partial charge in [-0.25, -0.2) is 4.99 Å². The molecular weight excluding hydrogens is 326 g/mol. The Morgan fingerprint density at radius 1 is 1.24 bits per heavy atom. The van der Waals surface area contributed by atoms with Crippen LogP contribution in [0.5, 0.6) is 5.75 Å². The van der Waals surface area contributed by atoms with Crippen molar-refractivity contribution in [3.8, 4) is 5.75 Å². The van der Waals surface area contributed by atoms with Crippen LogP contribution in [-0.2, 0) is 6.54 Å². The molecule has 5 nitrogen and oxygen atoms in total. The minimum absolute atomic E-state index is 0.158. The molecule has 0 atom stereocenters. The highest BCUT2D eigenvalue weighted by molar-refractivity contribution is 5.79. The maximum absolute atomic E-state index is 12.3. The van der Waals surface area contributed by atoms with E-state index in [1.807, 2.05) is 13.0 Å². The molecule has 1 aromatic rings. The molecule has 2 N–H and O–H groups in total. The third-order valence-corrected chi connectivity index (χ3v) is 4.06. The summed E-state index contributed by atoms with van der Waals surface area (Å²) >= 11 is 0. The number of nitrogens with zero attached hydrogens (tertiary/aromatic N) is 2. The zero-order valence-corrected chi connectivity index (χ0v) is 14.8. The summed E-state index contributed by atoms with van der Waals surface area (Å²) in [4.78, 5) is 6.98. The molecule has 0 unspecified atom stereocenters. The topological polar surface area (TPSA) is 48.9 Å². The summed E-state index contributed by atoms with van der Waals surface area (Å²) in [6.07, 6.45) is 3.90. The first-order valence-corrected chi connectivity index (χ1v) is 8.95. The summed E-state index contributed by atoms with van der Waals surface area (Å²) in [6, 6.07) is 6.65. The Morgan fingerprint density at radius 3 is 2.76 bits per heavy atom. The number of halogens is 2. The molecule has 0 spiro atoms. The maximum Gasteiger partial charge on any atom is 0.387 e. The summed E-state index contributed by atoms with van der Waals surface area (Å²) in [5, 5.41) is 6.54. The zero-order valence-electron chi connectivity index (χ0n) is 14.8. The molecule has 0 amide bonds. The van der Waals surface area contributed by atoms with Crippen LogP contribution in [0.3, 0.4) is 0 Å². The van der Waals surface area contributed by atoms with Gasteiger partial charge in [-0.15, -0.1) is 0 Å². The number of alkyl halides is 2. The molecule has 25 heavy (non-hydrogen) atoms. The predicted octanol–water partition coefficient (Wildman–Crippen LogP) is 2.83. The molecule has 1 aliphatic rings. The Bertz CT molecular complexity index is 534. The van der Waals surface area contributed by atoms with Gasteiger partial charge >= 0.3 is 6.61 Å². The Kier molecular flexibility index (Phi) is 8.45. The minimum Gasteiger partial charge on any atom is -0.435 e. The van der Waals surface area contributed by atoms with Gasteiger partial charge in [0.2, 0.25) is 0 Å². The van der Waals surface area contributed by atoms with Gasteiger partial charge in [-0.3, -0.25) is 0 Å². The van der Waals surface area contributed by atoms with Crippen LogP contribution in [-0.4, -0.2) is 50.2 Å². The summed E-state index contributed by atoms with van der Waals surface area (Å²) in [5.41, 5.74) is 0.825. The summed E-state index contributed by atoms with van der Waals surface area (Å²) in [6.45, 7) is 4.55. The maximum atomic E-state index is 12.3. The lowest BCUT2D eigenvalue weighted by atomic mass is 10.1. The molecule has 0 aliphatic carbocycles. The van der Waals surface area contributed by atoms with Crippen molar-refractivity contribution in [3.05, 3.63) is 29.8 Å². The molecule has 1 saturated heterocycles. The van der Waals surface area contributed by atoms with E-state index in [-0.39, 0.29) is 5.75 Å². The normalized spacial score (nSPS) is 16.1. The first-order chi connectivity index (χ1) is 12.2. The molecule has 7 heteroatoms. The van der Waals surface area contributed by atoms with Crippen molar-refractivity contribution >= 4 is 5.96 Å². The second kappa shape index (κ2) is 10.9. The van der Waals surface area contributed by atoms with Crippen molar-refractivity contribution < 1.29 is 13.5 Å². The molecule has 0 radical (unpaired) electrons. The van der Waals surface area contributed by atoms with Gasteiger partial charge in [0.15, 0.2) is 5.96 Å². The molecule has 0 saturated carbocycles. The van der Waals surface area contributed by atoms with Crippen molar-refractivity contribution in [1.29, 1.82) is 0 Å². The van der Waals surface area contributed by atoms with Gasteiger partial charge in [-0.05, 0) is 50.6 Å². The summed E-state index contributed by atoms with van der Waals surface area (Å²) in [7, 11) is 0. The van der Waals surface area contributed by atoms with Gasteiger partial charge in [0.05, 0.1) is 6.54 Å². The van der Waals surface area contributed by atoms with Crippen LogP contribution in [0.2, 0.25) is 0 Å². The fourth-order valence-corrected chi connectivity index (χ4v) is 2.85. The largest absolute Gasteiger partial charge is 0.435 e. The molecule has 0 aromatic heterocycles. The van der Waals surface area contributed by atoms with Crippen LogP contribution in [0.15, 0.2) is 29.3 Å². The van der Waals surface area contributed by atoms with E-state index in [2.05, 4.69) is 25.3 Å². The zero-order chi connectivity index (χ0) is 17.9. The lowest BCUT2D eigenvalue weighted by Gasteiger charge is -2.26. The SMILES string of the molecule is CCNC(=NCc1cccc(OC(F)F)c1)NCCN1CCCCC1. The predicted molar refractivity (Wildman–Crippen MR) is 96.2 cm³/mol. The van der Waals surface area contributed by atoms with Crippen LogP contribution < -0.4 is 15.4 Å². The van der Waals surface area contributed by atoms with E-state index in [1.54, 1.807) is 12.1 Å². The molecule has 2 rings (SSSR count). The fourth-order valence-electron chi connectivity index (χ4n) is 2.85. The number of likely N-dealkylation sites (tertiary alicyclic amines) is 1. The van der Waals surface area contributed by atoms with Gasteiger partial charge in [0.25, 0.3) is 0 Å². The number of nitrogens with one attached hydrogen (secondary N) is 2. The van der Waals surface area contributed by atoms with E-state index in [1.165, 1.54) is 38.4 Å². The average molecular weight is 354 g/mol. The van der Waals surface area contributed by atoms with Crippen molar-refractivity contribution in [3.63, 3.8) is 0 Å². The standard InChI is InChI=1S/C18H28F2N4O/c1-2-21-18(22-9-12-24-10-4-3-5-11-24)23-14-15-7-6-8-16(13-15)25-17(19)20/h6-8,13,17H,2-5,9-12,14H2,1H3,(H2,21,22,23). The van der Waals surface area contributed by atoms with E-state index in [9.17, 15) is 8.78 Å². The fraction of sp³-hybridized carbons (Fsp3) is 0.611. The quantitative estimate of drug-likeness (QED) is 0.557. The van der Waals surface area contributed by atoms with Crippen LogP contribution in [0, 0.1) is 0 Å². The molecule has 1 aliphatic heterocycles. The number of hydrogen-bond donors (Lipinski definition) is 2. The highest BCUT2D eigenvalue weighted by Crippen LogP contribution is 2.16. The first-order valence-electron chi connectivity index (χ1n) is 8.95. The van der Waals surface area contributed by atoms with Crippen molar-refractivity contribution in [1.82, 2.24) is 15.5 Å². The van der Waals surface area contributed by atoms with Crippen LogP contribution in [0.1, 0.15) is 31.7 Å². The minimum atomic E-state index is -2.81. The number of guanidine groups is 1. The van der Waals surface area contributed by atoms with Crippen molar-refractivity contribution in [2.45, 2.75) is 39.3 Å². The molecule has 1 aromatic carbocycles. The Labute approximate surface area is 148 Å². The Balaban J connectivity index is 1.83. The molecular formula is C18H28F2N4O. The molecule has 1 fully saturated rings. The van der Waals surface area contributed by atoms with Gasteiger partial charge in [-0.2, -0.15) is 8.78 Å². The first kappa shape index (κ1) is 19.4. The van der Waals surface area contributed by atoms with Crippen molar-refractivity contribution in [2.75, 3.05) is 32.7 Å². The van der Waals surface area contributed by atoms with Gasteiger partial charge in [-0.1, -0.05) is 18.6 Å². The highest BCUT2D eigenvalue weighted by Gasteiger charge is 2.09. The number of hydrogen-bond acceptors (Lipinski definition) is 3. The Morgan fingerprint density at radius 2 is 2.04 bits per heavy atom. The monoisotopic (exact) mass is 354 g/mol. The number of benzene rings is 1. The molecule has 0 bridgehead atoms. The smallest absolute Gasteiger partial charge is 0.387 e. The second-order valence-electron chi connectivity index (χ2n) is 6.05. The van der Waals surface area contributed by atoms with Gasteiger partial charge < -0.3 is 20.3 Å².